The number of fused-ring (bicyclic) bond motifs is 1. The summed E-state index contributed by atoms with van der Waals surface area (Å²) in [5.74, 6) is 0.822. The molecule has 2 amide bonds. The number of amides is 2. The summed E-state index contributed by atoms with van der Waals surface area (Å²) in [6, 6.07) is 9.99. The van der Waals surface area contributed by atoms with Crippen molar-refractivity contribution in [2.45, 2.75) is 59.0 Å². The van der Waals surface area contributed by atoms with Gasteiger partial charge in [-0.25, -0.2) is 0 Å². The minimum Gasteiger partial charge on any atom is -0.491 e. The first-order chi connectivity index (χ1) is 14.4. The number of thiophene rings is 1. The van der Waals surface area contributed by atoms with Crippen LogP contribution in [-0.4, -0.2) is 47.4 Å². The van der Waals surface area contributed by atoms with Crippen LogP contribution in [0.3, 0.4) is 0 Å². The number of aryl methyl sites for hydroxylation is 1. The molecule has 1 aromatic heterocycles. The van der Waals surface area contributed by atoms with E-state index in [4.69, 9.17) is 4.74 Å². The van der Waals surface area contributed by atoms with E-state index in [1.807, 2.05) is 56.9 Å². The molecule has 1 aromatic carbocycles. The van der Waals surface area contributed by atoms with Crippen LogP contribution >= 0.6 is 11.3 Å². The number of ether oxygens (including phenoxy) is 1. The Morgan fingerprint density at radius 1 is 1.23 bits per heavy atom. The van der Waals surface area contributed by atoms with Crippen molar-refractivity contribution in [1.29, 1.82) is 0 Å². The molecule has 0 N–H and O–H groups in total. The van der Waals surface area contributed by atoms with Crippen LogP contribution in [0.5, 0.6) is 5.75 Å². The standard InChI is InChI=1S/C24H32N2O3S/c1-5-18(4)26(23(27)6-2)15-24(28)25-13-11-22-20(12-14-30-22)21(25)16-29-19-9-7-17(3)8-10-19/h7-10,12,14,18,21H,5-6,11,13,15-16H2,1-4H3/t18-,21+/m1/s1. The molecule has 0 saturated heterocycles. The van der Waals surface area contributed by atoms with Crippen molar-refractivity contribution in [2.24, 2.45) is 0 Å². The topological polar surface area (TPSA) is 49.9 Å². The van der Waals surface area contributed by atoms with Crippen molar-refractivity contribution in [3.63, 3.8) is 0 Å². The molecule has 0 unspecified atom stereocenters. The first-order valence-corrected chi connectivity index (χ1v) is 11.7. The molecule has 2 atom stereocenters. The lowest BCUT2D eigenvalue weighted by molar-refractivity contribution is -0.144. The van der Waals surface area contributed by atoms with Gasteiger partial charge in [-0.2, -0.15) is 0 Å². The molecule has 2 aromatic rings. The maximum absolute atomic E-state index is 13.3. The first-order valence-electron chi connectivity index (χ1n) is 10.8. The lowest BCUT2D eigenvalue weighted by Crippen LogP contribution is -2.49. The van der Waals surface area contributed by atoms with Gasteiger partial charge in [0.05, 0.1) is 6.04 Å². The molecule has 1 aliphatic rings. The van der Waals surface area contributed by atoms with Crippen LogP contribution in [0.4, 0.5) is 0 Å². The molecular weight excluding hydrogens is 396 g/mol. The summed E-state index contributed by atoms with van der Waals surface area (Å²) in [6.45, 7) is 9.13. The van der Waals surface area contributed by atoms with E-state index in [-0.39, 0.29) is 30.4 Å². The van der Waals surface area contributed by atoms with Crippen molar-refractivity contribution in [2.75, 3.05) is 19.7 Å². The number of hydrogen-bond acceptors (Lipinski definition) is 4. The summed E-state index contributed by atoms with van der Waals surface area (Å²) in [5, 5.41) is 2.09. The van der Waals surface area contributed by atoms with Gasteiger partial charge in [0, 0.05) is 23.9 Å². The summed E-state index contributed by atoms with van der Waals surface area (Å²) in [6.07, 6.45) is 2.09. The Bertz CT molecular complexity index is 862. The van der Waals surface area contributed by atoms with Gasteiger partial charge in [0.25, 0.3) is 0 Å². The molecule has 1 aliphatic heterocycles. The first kappa shape index (κ1) is 22.3. The summed E-state index contributed by atoms with van der Waals surface area (Å²) in [7, 11) is 0. The van der Waals surface area contributed by atoms with Gasteiger partial charge in [0.15, 0.2) is 0 Å². The highest BCUT2D eigenvalue weighted by Gasteiger charge is 2.34. The highest BCUT2D eigenvalue weighted by molar-refractivity contribution is 7.10. The zero-order valence-corrected chi connectivity index (χ0v) is 19.2. The molecular formula is C24H32N2O3S. The molecule has 30 heavy (non-hydrogen) atoms. The van der Waals surface area contributed by atoms with Crippen LogP contribution in [0.15, 0.2) is 35.7 Å². The fraction of sp³-hybridized carbons (Fsp3) is 0.500. The van der Waals surface area contributed by atoms with E-state index in [2.05, 4.69) is 11.4 Å². The molecule has 0 fully saturated rings. The summed E-state index contributed by atoms with van der Waals surface area (Å²) < 4.78 is 6.08. The van der Waals surface area contributed by atoms with Gasteiger partial charge in [0.1, 0.15) is 18.9 Å². The maximum atomic E-state index is 13.3. The van der Waals surface area contributed by atoms with Crippen molar-refractivity contribution in [1.82, 2.24) is 9.80 Å². The third-order valence-corrected chi connectivity index (χ3v) is 6.89. The van der Waals surface area contributed by atoms with Gasteiger partial charge in [-0.15, -0.1) is 11.3 Å². The predicted molar refractivity (Wildman–Crippen MR) is 121 cm³/mol. The van der Waals surface area contributed by atoms with Gasteiger partial charge in [-0.1, -0.05) is 31.5 Å². The largest absolute Gasteiger partial charge is 0.491 e. The van der Waals surface area contributed by atoms with Crippen molar-refractivity contribution < 1.29 is 14.3 Å². The highest BCUT2D eigenvalue weighted by Crippen LogP contribution is 2.34. The van der Waals surface area contributed by atoms with Gasteiger partial charge >= 0.3 is 0 Å². The van der Waals surface area contributed by atoms with Crippen molar-refractivity contribution in [3.8, 4) is 5.75 Å². The number of carbonyl (C=O) groups is 2. The second kappa shape index (κ2) is 10.1. The summed E-state index contributed by atoms with van der Waals surface area (Å²) in [5.41, 5.74) is 2.35. The number of hydrogen-bond donors (Lipinski definition) is 0. The third kappa shape index (κ3) is 5.04. The minimum absolute atomic E-state index is 0.00791. The highest BCUT2D eigenvalue weighted by atomic mass is 32.1. The molecule has 0 spiro atoms. The second-order valence-electron chi connectivity index (χ2n) is 7.91. The molecule has 0 radical (unpaired) electrons. The Balaban J connectivity index is 1.77. The summed E-state index contributed by atoms with van der Waals surface area (Å²) in [4.78, 5) is 30.7. The van der Waals surface area contributed by atoms with E-state index in [0.29, 0.717) is 19.6 Å². The average Bonchev–Trinajstić information content (AvgIpc) is 3.24. The van der Waals surface area contributed by atoms with Crippen molar-refractivity contribution in [3.05, 3.63) is 51.7 Å². The van der Waals surface area contributed by atoms with E-state index in [0.717, 1.165) is 18.6 Å². The van der Waals surface area contributed by atoms with Crippen LogP contribution < -0.4 is 4.74 Å². The Hall–Kier alpha value is -2.34. The van der Waals surface area contributed by atoms with E-state index in [9.17, 15) is 9.59 Å². The lowest BCUT2D eigenvalue weighted by Gasteiger charge is -2.38. The number of nitrogens with zero attached hydrogens (tertiary/aromatic N) is 2. The molecule has 5 nitrogen and oxygen atoms in total. The van der Waals surface area contributed by atoms with Crippen LogP contribution in [0.25, 0.3) is 0 Å². The molecule has 0 bridgehead atoms. The Morgan fingerprint density at radius 2 is 1.97 bits per heavy atom. The quantitative estimate of drug-likeness (QED) is 0.617. The van der Waals surface area contributed by atoms with E-state index >= 15 is 0 Å². The van der Waals surface area contributed by atoms with Crippen molar-refractivity contribution >= 4 is 23.2 Å². The third-order valence-electron chi connectivity index (χ3n) is 5.90. The zero-order chi connectivity index (χ0) is 21.7. The Kier molecular flexibility index (Phi) is 7.53. The number of benzene rings is 1. The average molecular weight is 429 g/mol. The van der Waals surface area contributed by atoms with Crippen LogP contribution in [0.1, 0.15) is 55.7 Å². The normalized spacial score (nSPS) is 16.7. The smallest absolute Gasteiger partial charge is 0.242 e. The fourth-order valence-corrected chi connectivity index (χ4v) is 4.76. The zero-order valence-electron chi connectivity index (χ0n) is 18.4. The minimum atomic E-state index is -0.135. The summed E-state index contributed by atoms with van der Waals surface area (Å²) >= 11 is 1.74. The molecule has 3 rings (SSSR count). The van der Waals surface area contributed by atoms with Gasteiger partial charge in [0.2, 0.25) is 11.8 Å². The SMILES string of the molecule is CCC(=O)N(CC(=O)N1CCc2sccc2[C@@H]1COc1ccc(C)cc1)[C@H](C)CC. The second-order valence-corrected chi connectivity index (χ2v) is 8.91. The van der Waals surface area contributed by atoms with Gasteiger partial charge in [-0.3, -0.25) is 9.59 Å². The van der Waals surface area contributed by atoms with Crippen LogP contribution in [0.2, 0.25) is 0 Å². The molecule has 162 valence electrons. The van der Waals surface area contributed by atoms with E-state index in [1.165, 1.54) is 16.0 Å². The molecule has 6 heteroatoms. The van der Waals surface area contributed by atoms with E-state index in [1.54, 1.807) is 16.2 Å². The number of rotatable bonds is 8. The fourth-order valence-electron chi connectivity index (χ4n) is 3.83. The Morgan fingerprint density at radius 3 is 2.63 bits per heavy atom. The molecule has 0 aliphatic carbocycles. The van der Waals surface area contributed by atoms with Gasteiger partial charge in [-0.05, 0) is 55.8 Å². The van der Waals surface area contributed by atoms with Crippen LogP contribution in [0, 0.1) is 6.92 Å². The Labute approximate surface area is 183 Å². The maximum Gasteiger partial charge on any atom is 0.242 e. The van der Waals surface area contributed by atoms with Gasteiger partial charge < -0.3 is 14.5 Å². The molecule has 0 saturated carbocycles. The molecule has 2 heterocycles. The monoisotopic (exact) mass is 428 g/mol. The predicted octanol–water partition coefficient (Wildman–Crippen LogP) is 4.60. The van der Waals surface area contributed by atoms with E-state index < -0.39 is 0 Å². The lowest BCUT2D eigenvalue weighted by atomic mass is 10.00. The van der Waals surface area contributed by atoms with Crippen LogP contribution in [-0.2, 0) is 16.0 Å². The number of carbonyl (C=O) groups excluding carboxylic acids is 2.